The molecule has 0 rings (SSSR count). The lowest BCUT2D eigenvalue weighted by Crippen LogP contribution is -2.11. The summed E-state index contributed by atoms with van der Waals surface area (Å²) >= 11 is 0. The minimum atomic E-state index is 0. The van der Waals surface area contributed by atoms with Crippen LogP contribution >= 0.6 is 0 Å². The largest absolute Gasteiger partial charge is 0.382 e. The van der Waals surface area contributed by atoms with Crippen LogP contribution in [0, 0.1) is 5.92 Å². The lowest BCUT2D eigenvalue weighted by Gasteiger charge is -2.07. The molecule has 0 N–H and O–H groups in total. The molecule has 0 heterocycles. The van der Waals surface area contributed by atoms with Crippen LogP contribution in [0.25, 0.3) is 0 Å². The third-order valence-electron chi connectivity index (χ3n) is 2.02. The van der Waals surface area contributed by atoms with Crippen LogP contribution in [-0.2, 0) is 18.9 Å². The van der Waals surface area contributed by atoms with Crippen LogP contribution in [0.2, 0.25) is 0 Å². The van der Waals surface area contributed by atoms with E-state index < -0.39 is 0 Å². The van der Waals surface area contributed by atoms with Gasteiger partial charge in [-0.1, -0.05) is 51.0 Å². The van der Waals surface area contributed by atoms with Gasteiger partial charge in [0.15, 0.2) is 0 Å². The van der Waals surface area contributed by atoms with E-state index in [-0.39, 0.29) is 37.1 Å². The quantitative estimate of drug-likeness (QED) is 0.480. The molecule has 0 amide bonds. The first-order chi connectivity index (χ1) is 7.77. The SMILES string of the molecule is C.C.C.C.C.COCCOCCOCCOCCC(C)C. The van der Waals surface area contributed by atoms with Crippen LogP contribution in [0.1, 0.15) is 57.4 Å². The Labute approximate surface area is 136 Å². The smallest absolute Gasteiger partial charge is 0.0701 e. The standard InChI is InChI=1S/C12H26O4.5CH4/c1-12(2)4-5-14-8-9-16-11-10-15-7-6-13-3;;;;;/h12H,4-11H2,1-3H3;5*1H4. The molecule has 0 aromatic rings. The third-order valence-corrected chi connectivity index (χ3v) is 2.02. The van der Waals surface area contributed by atoms with Gasteiger partial charge in [0.2, 0.25) is 0 Å². The first kappa shape index (κ1) is 37.2. The molecule has 0 spiro atoms. The van der Waals surface area contributed by atoms with Crippen molar-refractivity contribution in [3.05, 3.63) is 0 Å². The Bertz CT molecular complexity index is 130. The van der Waals surface area contributed by atoms with Crippen molar-refractivity contribution >= 4 is 0 Å². The van der Waals surface area contributed by atoms with Gasteiger partial charge in [0.05, 0.1) is 39.6 Å². The number of hydrogen-bond acceptors (Lipinski definition) is 4. The number of hydrogen-bond donors (Lipinski definition) is 0. The van der Waals surface area contributed by atoms with E-state index in [1.54, 1.807) is 7.11 Å². The van der Waals surface area contributed by atoms with Gasteiger partial charge >= 0.3 is 0 Å². The summed E-state index contributed by atoms with van der Waals surface area (Å²) in [6.45, 7) is 9.03. The molecular formula is C17H46O4. The third kappa shape index (κ3) is 38.3. The summed E-state index contributed by atoms with van der Waals surface area (Å²) in [7, 11) is 1.66. The Morgan fingerprint density at radius 2 is 0.905 bits per heavy atom. The van der Waals surface area contributed by atoms with Crippen molar-refractivity contribution < 1.29 is 18.9 Å². The maximum Gasteiger partial charge on any atom is 0.0701 e. The highest BCUT2D eigenvalue weighted by molar-refractivity contribution is 4.42. The zero-order valence-corrected chi connectivity index (χ0v) is 10.9. The topological polar surface area (TPSA) is 36.9 Å². The molecule has 0 aliphatic carbocycles. The Kier molecular flexibility index (Phi) is 56.7. The Hall–Kier alpha value is -0.160. The Balaban J connectivity index is -0.000000112. The molecule has 0 saturated carbocycles. The average Bonchev–Trinajstić information content (AvgIpc) is 2.25. The van der Waals surface area contributed by atoms with Gasteiger partial charge in [0, 0.05) is 13.7 Å². The van der Waals surface area contributed by atoms with E-state index >= 15 is 0 Å². The number of methoxy groups -OCH3 is 1. The first-order valence-corrected chi connectivity index (χ1v) is 5.99. The van der Waals surface area contributed by atoms with E-state index in [9.17, 15) is 0 Å². The molecule has 0 aliphatic heterocycles. The van der Waals surface area contributed by atoms with Gasteiger partial charge in [-0.25, -0.2) is 0 Å². The van der Waals surface area contributed by atoms with E-state index in [0.717, 1.165) is 13.0 Å². The predicted molar refractivity (Wildman–Crippen MR) is 97.4 cm³/mol. The van der Waals surface area contributed by atoms with Gasteiger partial charge in [-0.3, -0.25) is 0 Å². The Morgan fingerprint density at radius 3 is 1.24 bits per heavy atom. The Morgan fingerprint density at radius 1 is 0.571 bits per heavy atom. The molecule has 0 bridgehead atoms. The molecular weight excluding hydrogens is 268 g/mol. The van der Waals surface area contributed by atoms with Gasteiger partial charge in [-0.15, -0.1) is 0 Å². The van der Waals surface area contributed by atoms with Crippen LogP contribution in [0.4, 0.5) is 0 Å². The maximum atomic E-state index is 5.40. The number of ether oxygens (including phenoxy) is 4. The van der Waals surface area contributed by atoms with Crippen LogP contribution < -0.4 is 0 Å². The monoisotopic (exact) mass is 314 g/mol. The summed E-state index contributed by atoms with van der Waals surface area (Å²) in [6, 6.07) is 0. The fourth-order valence-electron chi connectivity index (χ4n) is 1.00. The summed E-state index contributed by atoms with van der Waals surface area (Å²) in [5.74, 6) is 0.704. The minimum Gasteiger partial charge on any atom is -0.382 e. The molecule has 138 valence electrons. The van der Waals surface area contributed by atoms with Gasteiger partial charge in [0.25, 0.3) is 0 Å². The summed E-state index contributed by atoms with van der Waals surface area (Å²) in [6.07, 6.45) is 1.11. The molecule has 0 saturated heterocycles. The predicted octanol–water partition coefficient (Wildman–Crippen LogP) is 4.91. The molecule has 0 atom stereocenters. The maximum absolute atomic E-state index is 5.40. The molecule has 0 radical (unpaired) electrons. The molecule has 21 heavy (non-hydrogen) atoms. The van der Waals surface area contributed by atoms with Gasteiger partial charge in [-0.2, -0.15) is 0 Å². The van der Waals surface area contributed by atoms with E-state index in [1.165, 1.54) is 0 Å². The fraction of sp³-hybridized carbons (Fsp3) is 1.00. The summed E-state index contributed by atoms with van der Waals surface area (Å²) in [5, 5.41) is 0. The van der Waals surface area contributed by atoms with Crippen LogP contribution in [-0.4, -0.2) is 53.4 Å². The van der Waals surface area contributed by atoms with Crippen molar-refractivity contribution in [2.75, 3.05) is 53.4 Å². The molecule has 0 aliphatic rings. The van der Waals surface area contributed by atoms with Crippen molar-refractivity contribution in [1.82, 2.24) is 0 Å². The van der Waals surface area contributed by atoms with E-state index in [0.29, 0.717) is 45.6 Å². The average molecular weight is 315 g/mol. The second-order valence-electron chi connectivity index (χ2n) is 4.01. The molecule has 0 aromatic carbocycles. The number of rotatable bonds is 12. The summed E-state index contributed by atoms with van der Waals surface area (Å²) < 4.78 is 20.8. The molecule has 4 heteroatoms. The van der Waals surface area contributed by atoms with Crippen LogP contribution in [0.3, 0.4) is 0 Å². The first-order valence-electron chi connectivity index (χ1n) is 5.99. The highest BCUT2D eigenvalue weighted by atomic mass is 16.6. The van der Waals surface area contributed by atoms with Gasteiger partial charge < -0.3 is 18.9 Å². The molecule has 0 aromatic heterocycles. The second-order valence-corrected chi connectivity index (χ2v) is 4.01. The summed E-state index contributed by atoms with van der Waals surface area (Å²) in [5.41, 5.74) is 0. The highest BCUT2D eigenvalue weighted by Gasteiger charge is 1.94. The van der Waals surface area contributed by atoms with E-state index in [4.69, 9.17) is 18.9 Å². The van der Waals surface area contributed by atoms with Gasteiger partial charge in [-0.05, 0) is 12.3 Å². The van der Waals surface area contributed by atoms with E-state index in [2.05, 4.69) is 13.8 Å². The van der Waals surface area contributed by atoms with Gasteiger partial charge in [0.1, 0.15) is 0 Å². The van der Waals surface area contributed by atoms with Crippen LogP contribution in [0.5, 0.6) is 0 Å². The zero-order chi connectivity index (χ0) is 12.1. The van der Waals surface area contributed by atoms with Crippen molar-refractivity contribution in [3.63, 3.8) is 0 Å². The normalized spacial score (nSPS) is 8.57. The zero-order valence-electron chi connectivity index (χ0n) is 10.9. The van der Waals surface area contributed by atoms with E-state index in [1.807, 2.05) is 0 Å². The van der Waals surface area contributed by atoms with Crippen molar-refractivity contribution in [3.8, 4) is 0 Å². The minimum absolute atomic E-state index is 0. The highest BCUT2D eigenvalue weighted by Crippen LogP contribution is 1.98. The summed E-state index contributed by atoms with van der Waals surface area (Å²) in [4.78, 5) is 0. The lowest BCUT2D eigenvalue weighted by molar-refractivity contribution is 0.00251. The van der Waals surface area contributed by atoms with Crippen molar-refractivity contribution in [1.29, 1.82) is 0 Å². The molecule has 0 unspecified atom stereocenters. The second kappa shape index (κ2) is 32.0. The molecule has 0 fully saturated rings. The van der Waals surface area contributed by atoms with Crippen molar-refractivity contribution in [2.45, 2.75) is 57.4 Å². The fourth-order valence-corrected chi connectivity index (χ4v) is 1.00. The molecule has 4 nitrogen and oxygen atoms in total. The van der Waals surface area contributed by atoms with Crippen LogP contribution in [0.15, 0.2) is 0 Å². The lowest BCUT2D eigenvalue weighted by atomic mass is 10.1. The van der Waals surface area contributed by atoms with Crippen molar-refractivity contribution in [2.24, 2.45) is 5.92 Å².